The Morgan fingerprint density at radius 3 is 2.79 bits per heavy atom. The molecule has 1 aromatic heterocycles. The number of rotatable bonds is 7. The normalized spacial score (nSPS) is 19.5. The number of aryl methyl sites for hydroxylation is 2. The summed E-state index contributed by atoms with van der Waals surface area (Å²) < 4.78 is 0. The molecule has 0 radical (unpaired) electrons. The highest BCUT2D eigenvalue weighted by molar-refractivity contribution is 6.24. The zero-order chi connectivity index (χ0) is 23.7. The highest BCUT2D eigenvalue weighted by atomic mass is 16.2. The van der Waals surface area contributed by atoms with E-state index in [1.54, 1.807) is 12.1 Å². The topological polar surface area (TPSA) is 120 Å². The molecule has 1 aromatic carbocycles. The fourth-order valence-corrected chi connectivity index (χ4v) is 4.86. The van der Waals surface area contributed by atoms with Crippen LogP contribution in [0.15, 0.2) is 30.3 Å². The molecule has 2 aromatic rings. The third kappa shape index (κ3) is 4.19. The molecule has 0 bridgehead atoms. The number of nitrogens with one attached hydrogen (secondary N) is 3. The summed E-state index contributed by atoms with van der Waals surface area (Å²) in [4.78, 5) is 55.5. The molecule has 3 aliphatic rings. The fraction of sp³-hybridized carbons (Fsp3) is 0.400. The monoisotopic (exact) mass is 461 g/mol. The van der Waals surface area contributed by atoms with E-state index in [1.807, 2.05) is 6.07 Å². The molecular weight excluding hydrogens is 434 g/mol. The number of aromatic nitrogens is 1. The maximum atomic E-state index is 13.1. The van der Waals surface area contributed by atoms with Gasteiger partial charge in [0.2, 0.25) is 11.8 Å². The summed E-state index contributed by atoms with van der Waals surface area (Å²) in [5.41, 5.74) is 3.70. The van der Waals surface area contributed by atoms with Crippen molar-refractivity contribution in [2.24, 2.45) is 0 Å². The number of fused-ring (bicyclic) bond motifs is 2. The Hall–Kier alpha value is -3.59. The van der Waals surface area contributed by atoms with E-state index < -0.39 is 23.8 Å². The Morgan fingerprint density at radius 1 is 1.06 bits per heavy atom. The quantitative estimate of drug-likeness (QED) is 0.423. The first-order valence-electron chi connectivity index (χ1n) is 11.8. The number of hydrogen-bond donors (Lipinski definition) is 3. The Bertz CT molecular complexity index is 1180. The lowest BCUT2D eigenvalue weighted by Gasteiger charge is -2.27. The summed E-state index contributed by atoms with van der Waals surface area (Å²) in [5, 5.41) is 8.94. The first kappa shape index (κ1) is 22.2. The van der Waals surface area contributed by atoms with E-state index in [0.29, 0.717) is 17.7 Å². The van der Waals surface area contributed by atoms with Crippen LogP contribution < -0.4 is 16.0 Å². The van der Waals surface area contributed by atoms with Gasteiger partial charge < -0.3 is 10.6 Å². The molecule has 1 saturated heterocycles. The summed E-state index contributed by atoms with van der Waals surface area (Å²) in [6, 6.07) is 8.47. The minimum Gasteiger partial charge on any atom is -0.370 e. The number of carbonyl (C=O) groups excluding carboxylic acids is 4. The molecule has 1 unspecified atom stereocenters. The highest BCUT2D eigenvalue weighted by Crippen LogP contribution is 2.30. The van der Waals surface area contributed by atoms with Crippen molar-refractivity contribution in [3.8, 4) is 0 Å². The molecule has 0 spiro atoms. The molecule has 9 nitrogen and oxygen atoms in total. The molecule has 0 aliphatic carbocycles. The Balaban J connectivity index is 1.19. The summed E-state index contributed by atoms with van der Waals surface area (Å²) in [7, 11) is 0. The van der Waals surface area contributed by atoms with Crippen molar-refractivity contribution in [1.82, 2.24) is 20.5 Å². The largest absolute Gasteiger partial charge is 0.370 e. The summed E-state index contributed by atoms with van der Waals surface area (Å²) in [6.45, 7) is 2.13. The van der Waals surface area contributed by atoms with Crippen molar-refractivity contribution in [1.29, 1.82) is 0 Å². The minimum absolute atomic E-state index is 0.105. The predicted molar refractivity (Wildman–Crippen MR) is 124 cm³/mol. The SMILES string of the molecule is O=C1CCC(N2C(=O)c3cccc(CNCCCc4ccc5c(n4)NCCC5)c3C2=O)C(=O)N1. The van der Waals surface area contributed by atoms with Crippen LogP contribution in [-0.4, -0.2) is 52.6 Å². The number of pyridine rings is 1. The van der Waals surface area contributed by atoms with Gasteiger partial charge in [0.1, 0.15) is 11.9 Å². The van der Waals surface area contributed by atoms with Crippen LogP contribution in [0.5, 0.6) is 0 Å². The van der Waals surface area contributed by atoms with Crippen LogP contribution in [0.4, 0.5) is 5.82 Å². The van der Waals surface area contributed by atoms with Crippen LogP contribution in [0.25, 0.3) is 0 Å². The molecule has 9 heteroatoms. The van der Waals surface area contributed by atoms with Crippen molar-refractivity contribution in [3.05, 3.63) is 58.3 Å². The maximum absolute atomic E-state index is 13.1. The number of hydrogen-bond acceptors (Lipinski definition) is 7. The third-order valence-electron chi connectivity index (χ3n) is 6.61. The Kier molecular flexibility index (Phi) is 6.10. The molecule has 4 heterocycles. The molecule has 176 valence electrons. The number of imide groups is 2. The van der Waals surface area contributed by atoms with Gasteiger partial charge in [-0.25, -0.2) is 4.98 Å². The van der Waals surface area contributed by atoms with Crippen LogP contribution in [-0.2, 0) is 29.0 Å². The van der Waals surface area contributed by atoms with Gasteiger partial charge in [-0.1, -0.05) is 18.2 Å². The van der Waals surface area contributed by atoms with Crippen LogP contribution in [0.3, 0.4) is 0 Å². The first-order chi connectivity index (χ1) is 16.5. The fourth-order valence-electron chi connectivity index (χ4n) is 4.86. The standard InChI is InChI=1S/C25H27N5O4/c31-20-11-10-19(23(32)29-20)30-24(33)18-7-1-4-16(21(18)25(30)34)14-26-12-3-6-17-9-8-15-5-2-13-27-22(15)28-17/h1,4,7-9,19,26H,2-3,5-6,10-14H2,(H,27,28)(H,29,31,32). The minimum atomic E-state index is -0.954. The van der Waals surface area contributed by atoms with E-state index in [4.69, 9.17) is 4.98 Å². The average molecular weight is 462 g/mol. The van der Waals surface area contributed by atoms with Gasteiger partial charge in [-0.15, -0.1) is 0 Å². The van der Waals surface area contributed by atoms with Crippen LogP contribution in [0, 0.1) is 0 Å². The van der Waals surface area contributed by atoms with Crippen LogP contribution in [0.2, 0.25) is 0 Å². The zero-order valence-electron chi connectivity index (χ0n) is 18.9. The number of benzene rings is 1. The van der Waals surface area contributed by atoms with Gasteiger partial charge in [0.15, 0.2) is 0 Å². The van der Waals surface area contributed by atoms with Gasteiger partial charge in [0.25, 0.3) is 11.8 Å². The van der Waals surface area contributed by atoms with E-state index in [0.717, 1.165) is 60.7 Å². The first-order valence-corrected chi connectivity index (χ1v) is 11.8. The molecule has 1 atom stereocenters. The lowest BCUT2D eigenvalue weighted by molar-refractivity contribution is -0.136. The second kappa shape index (κ2) is 9.34. The molecule has 4 amide bonds. The Morgan fingerprint density at radius 2 is 1.94 bits per heavy atom. The van der Waals surface area contributed by atoms with E-state index >= 15 is 0 Å². The summed E-state index contributed by atoms with van der Waals surface area (Å²) >= 11 is 0. The number of anilines is 1. The van der Waals surface area contributed by atoms with Gasteiger partial charge in [-0.05, 0) is 61.9 Å². The van der Waals surface area contributed by atoms with Crippen molar-refractivity contribution in [2.75, 3.05) is 18.4 Å². The van der Waals surface area contributed by atoms with Crippen molar-refractivity contribution in [3.63, 3.8) is 0 Å². The number of piperidine rings is 1. The second-order valence-electron chi connectivity index (χ2n) is 8.91. The maximum Gasteiger partial charge on any atom is 0.262 e. The van der Waals surface area contributed by atoms with Gasteiger partial charge in [-0.3, -0.25) is 29.4 Å². The Labute approximate surface area is 197 Å². The van der Waals surface area contributed by atoms with Crippen LogP contribution >= 0.6 is 0 Å². The van der Waals surface area contributed by atoms with E-state index in [-0.39, 0.29) is 18.7 Å². The van der Waals surface area contributed by atoms with E-state index in [2.05, 4.69) is 28.1 Å². The van der Waals surface area contributed by atoms with Gasteiger partial charge in [0, 0.05) is 25.2 Å². The summed E-state index contributed by atoms with van der Waals surface area (Å²) in [6.07, 6.45) is 4.19. The molecule has 1 fully saturated rings. The smallest absolute Gasteiger partial charge is 0.262 e. The molecule has 3 aliphatic heterocycles. The zero-order valence-corrected chi connectivity index (χ0v) is 18.9. The summed E-state index contributed by atoms with van der Waals surface area (Å²) in [5.74, 6) is -0.942. The number of nitrogens with zero attached hydrogens (tertiary/aromatic N) is 2. The number of carbonyl (C=O) groups is 4. The molecule has 0 saturated carbocycles. The lowest BCUT2D eigenvalue weighted by atomic mass is 10.0. The van der Waals surface area contributed by atoms with Crippen molar-refractivity contribution in [2.45, 2.75) is 51.1 Å². The lowest BCUT2D eigenvalue weighted by Crippen LogP contribution is -2.54. The molecule has 3 N–H and O–H groups in total. The molecule has 5 rings (SSSR count). The second-order valence-corrected chi connectivity index (χ2v) is 8.91. The third-order valence-corrected chi connectivity index (χ3v) is 6.61. The van der Waals surface area contributed by atoms with Crippen molar-refractivity contribution < 1.29 is 19.2 Å². The highest BCUT2D eigenvalue weighted by Gasteiger charge is 2.45. The average Bonchev–Trinajstić information content (AvgIpc) is 3.09. The number of amides is 4. The van der Waals surface area contributed by atoms with E-state index in [1.165, 1.54) is 5.56 Å². The van der Waals surface area contributed by atoms with Crippen molar-refractivity contribution >= 4 is 29.4 Å². The predicted octanol–water partition coefficient (Wildman–Crippen LogP) is 1.56. The van der Waals surface area contributed by atoms with Crippen LogP contribution in [0.1, 0.15) is 63.2 Å². The molecule has 34 heavy (non-hydrogen) atoms. The van der Waals surface area contributed by atoms with E-state index in [9.17, 15) is 19.2 Å². The van der Waals surface area contributed by atoms with Gasteiger partial charge >= 0.3 is 0 Å². The van der Waals surface area contributed by atoms with Gasteiger partial charge in [-0.2, -0.15) is 0 Å². The molecular formula is C25H27N5O4. The van der Waals surface area contributed by atoms with Gasteiger partial charge in [0.05, 0.1) is 11.1 Å².